The van der Waals surface area contributed by atoms with Gasteiger partial charge in [-0.25, -0.2) is 19.3 Å². The fraction of sp³-hybridized carbons (Fsp3) is 0.420. The number of thiazole rings is 1. The van der Waals surface area contributed by atoms with Crippen LogP contribution in [0.5, 0.6) is 23.0 Å². The normalized spacial score (nSPS) is 21.1. The van der Waals surface area contributed by atoms with Gasteiger partial charge in [-0.1, -0.05) is 63.2 Å². The van der Waals surface area contributed by atoms with E-state index in [2.05, 4.69) is 22.5 Å². The molecule has 8 rings (SSSR count). The third-order valence-electron chi connectivity index (χ3n) is 12.3. The average molecular weight is 951 g/mol. The number of carbonyl (C=O) groups excluding carboxylic acids is 3. The summed E-state index contributed by atoms with van der Waals surface area (Å²) >= 11 is 1.46. The Labute approximate surface area is 395 Å². The van der Waals surface area contributed by atoms with Crippen LogP contribution < -0.4 is 34.5 Å². The molecule has 2 saturated carbocycles. The van der Waals surface area contributed by atoms with Crippen molar-refractivity contribution in [3.05, 3.63) is 103 Å². The molecule has 3 heterocycles. The number of carbonyl (C=O) groups is 3. The van der Waals surface area contributed by atoms with E-state index in [1.165, 1.54) is 16.2 Å². The highest BCUT2D eigenvalue weighted by atomic mass is 32.1. The maximum atomic E-state index is 15.5. The average Bonchev–Trinajstić information content (AvgIpc) is 3.69. The summed E-state index contributed by atoms with van der Waals surface area (Å²) in [5, 5.41) is 11.1. The minimum atomic E-state index is -4.33. The molecule has 3 N–H and O–H groups in total. The standard InChI is InChI=1S/C50H59N6O9PS/c1-8-32-28-50(32,66(60,64-34-19-11-9-12-20-34)65-35-21-13-10-14-22-35)55-45(57)42-26-37(29-56(42)46(58)44(49(4,5)6)54-48(59)63-33-17-15-16-18-33)62-43-27-40(41-30-67-47(53-41)51-31(2)3)52-39-25-36(61-7)23-24-38(39)43/h8-14,19-25,27,30-33,37,42,44H,1,15-18,26,28-29H2,2-7H3,(H,51,53)(H,54,59)(H,55,57)/t32-,37-,42+,44-,50+/m1/s1. The number of amides is 3. The maximum Gasteiger partial charge on any atom is 0.456 e. The Balaban J connectivity index is 1.15. The van der Waals surface area contributed by atoms with Gasteiger partial charge < -0.3 is 44.1 Å². The number of rotatable bonds is 17. The highest BCUT2D eigenvalue weighted by Gasteiger charge is 2.71. The summed E-state index contributed by atoms with van der Waals surface area (Å²) in [5.74, 6) is 0.00714. The number of nitrogens with zero attached hydrogens (tertiary/aromatic N) is 3. The van der Waals surface area contributed by atoms with Gasteiger partial charge in [0, 0.05) is 41.3 Å². The first-order chi connectivity index (χ1) is 32.1. The highest BCUT2D eigenvalue weighted by Crippen LogP contribution is 2.72. The molecule has 354 valence electrons. The number of aromatic nitrogens is 2. The number of fused-ring (bicyclic) bond motifs is 1. The Morgan fingerprint density at radius 3 is 2.18 bits per heavy atom. The topological polar surface area (TPSA) is 180 Å². The van der Waals surface area contributed by atoms with Crippen molar-refractivity contribution in [1.82, 2.24) is 25.5 Å². The number of pyridine rings is 1. The van der Waals surface area contributed by atoms with Gasteiger partial charge in [0.05, 0.1) is 24.9 Å². The molecule has 5 atom stereocenters. The van der Waals surface area contributed by atoms with Crippen LogP contribution in [0.15, 0.2) is 103 Å². The van der Waals surface area contributed by atoms with Gasteiger partial charge in [-0.05, 0) is 87.8 Å². The lowest BCUT2D eigenvalue weighted by Crippen LogP contribution is -2.58. The third-order valence-corrected chi connectivity index (χ3v) is 15.6. The van der Waals surface area contributed by atoms with Crippen molar-refractivity contribution in [3.63, 3.8) is 0 Å². The van der Waals surface area contributed by atoms with Gasteiger partial charge in [-0.2, -0.15) is 0 Å². The van der Waals surface area contributed by atoms with Crippen LogP contribution in [0.25, 0.3) is 22.3 Å². The van der Waals surface area contributed by atoms with E-state index in [0.29, 0.717) is 33.8 Å². The minimum absolute atomic E-state index is 0.0338. The molecule has 3 aromatic carbocycles. The van der Waals surface area contributed by atoms with Crippen LogP contribution in [-0.2, 0) is 18.9 Å². The molecule has 0 unspecified atom stereocenters. The summed E-state index contributed by atoms with van der Waals surface area (Å²) in [4.78, 5) is 54.9. The summed E-state index contributed by atoms with van der Waals surface area (Å²) in [6.07, 6.45) is 3.61. The molecule has 67 heavy (non-hydrogen) atoms. The van der Waals surface area contributed by atoms with Gasteiger partial charge in [-0.15, -0.1) is 17.9 Å². The van der Waals surface area contributed by atoms with Crippen molar-refractivity contribution < 1.29 is 42.2 Å². The Hall–Kier alpha value is -6.12. The number of likely N-dealkylation sites (tertiary alicyclic amines) is 1. The summed E-state index contributed by atoms with van der Waals surface area (Å²) < 4.78 is 46.2. The highest BCUT2D eigenvalue weighted by molar-refractivity contribution is 7.57. The third kappa shape index (κ3) is 10.6. The molecule has 3 aliphatic rings. The molecule has 15 nitrogen and oxygen atoms in total. The summed E-state index contributed by atoms with van der Waals surface area (Å²) in [5.41, 5.74) is 0.973. The van der Waals surface area contributed by atoms with Crippen molar-refractivity contribution in [3.8, 4) is 34.4 Å². The lowest BCUT2D eigenvalue weighted by molar-refractivity contribution is -0.142. The molecule has 1 saturated heterocycles. The maximum absolute atomic E-state index is 15.5. The lowest BCUT2D eigenvalue weighted by Gasteiger charge is -2.36. The van der Waals surface area contributed by atoms with Crippen molar-refractivity contribution in [2.45, 2.75) is 109 Å². The number of nitrogens with one attached hydrogen (secondary N) is 3. The Morgan fingerprint density at radius 1 is 0.910 bits per heavy atom. The van der Waals surface area contributed by atoms with Crippen molar-refractivity contribution in [2.24, 2.45) is 11.3 Å². The zero-order chi connectivity index (χ0) is 47.5. The Morgan fingerprint density at radius 2 is 1.58 bits per heavy atom. The van der Waals surface area contributed by atoms with Crippen LogP contribution in [0.3, 0.4) is 0 Å². The molecule has 5 aromatic rings. The SMILES string of the molecule is C=C[C@@H]1C[C@]1(NC(=O)[C@@H]1C[C@@H](Oc2cc(-c3csc(NC(C)C)n3)nc3cc(OC)ccc23)CN1C(=O)[C@@H](NC(=O)OC1CCCC1)C(C)(C)C)P(=O)(Oc1ccccc1)Oc1ccccc1. The monoisotopic (exact) mass is 950 g/mol. The van der Waals surface area contributed by atoms with E-state index in [4.69, 9.17) is 33.2 Å². The fourth-order valence-corrected chi connectivity index (χ4v) is 11.9. The van der Waals surface area contributed by atoms with E-state index in [1.54, 1.807) is 61.7 Å². The number of methoxy groups -OCH3 is 1. The smallest absolute Gasteiger partial charge is 0.456 e. The second kappa shape index (κ2) is 19.6. The van der Waals surface area contributed by atoms with Gasteiger partial charge in [0.25, 0.3) is 0 Å². The van der Waals surface area contributed by atoms with Crippen molar-refractivity contribution >= 4 is 52.9 Å². The van der Waals surface area contributed by atoms with Crippen LogP contribution >= 0.6 is 18.9 Å². The molecule has 3 amide bonds. The summed E-state index contributed by atoms with van der Waals surface area (Å²) in [7, 11) is -2.75. The number of ether oxygens (including phenoxy) is 3. The molecule has 2 aromatic heterocycles. The van der Waals surface area contributed by atoms with Crippen molar-refractivity contribution in [2.75, 3.05) is 19.0 Å². The second-order valence-electron chi connectivity index (χ2n) is 18.7. The Kier molecular flexibility index (Phi) is 13.9. The van der Waals surface area contributed by atoms with Crippen LogP contribution in [0, 0.1) is 11.3 Å². The largest absolute Gasteiger partial charge is 0.497 e. The molecular formula is C50H59N6O9PS. The van der Waals surface area contributed by atoms with Crippen LogP contribution in [-0.4, -0.2) is 82.0 Å². The molecule has 17 heteroatoms. The van der Waals surface area contributed by atoms with Gasteiger partial charge in [0.15, 0.2) is 10.4 Å². The molecule has 2 aliphatic carbocycles. The first-order valence-corrected chi connectivity index (χ1v) is 25.2. The van der Waals surface area contributed by atoms with E-state index in [9.17, 15) is 4.79 Å². The van der Waals surface area contributed by atoms with Gasteiger partial charge in [-0.3, -0.25) is 9.59 Å². The predicted molar refractivity (Wildman–Crippen MR) is 259 cm³/mol. The number of hydrogen-bond acceptors (Lipinski definition) is 13. The zero-order valence-electron chi connectivity index (χ0n) is 38.7. The molecule has 0 spiro atoms. The van der Waals surface area contributed by atoms with Gasteiger partial charge in [0.1, 0.15) is 53.0 Å². The quantitative estimate of drug-likeness (QED) is 0.0594. The first-order valence-electron chi connectivity index (χ1n) is 22.8. The summed E-state index contributed by atoms with van der Waals surface area (Å²) in [6.45, 7) is 13.6. The lowest BCUT2D eigenvalue weighted by atomic mass is 9.85. The van der Waals surface area contributed by atoms with E-state index >= 15 is 14.2 Å². The van der Waals surface area contributed by atoms with Crippen LogP contribution in [0.4, 0.5) is 9.93 Å². The minimum Gasteiger partial charge on any atom is -0.497 e. The number of benzene rings is 3. The van der Waals surface area contributed by atoms with E-state index in [-0.39, 0.29) is 43.0 Å². The molecule has 3 fully saturated rings. The Bertz CT molecular complexity index is 2590. The molecule has 0 bridgehead atoms. The molecular weight excluding hydrogens is 892 g/mol. The van der Waals surface area contributed by atoms with Crippen molar-refractivity contribution in [1.29, 1.82) is 0 Å². The summed E-state index contributed by atoms with van der Waals surface area (Å²) in [6, 6.07) is 22.5. The van der Waals surface area contributed by atoms with E-state index in [1.807, 2.05) is 76.4 Å². The predicted octanol–water partition coefficient (Wildman–Crippen LogP) is 9.99. The first kappa shape index (κ1) is 47.4. The fourth-order valence-electron chi connectivity index (χ4n) is 8.72. The number of alkyl carbamates (subject to hydrolysis) is 1. The molecule has 0 radical (unpaired) electrons. The van der Waals surface area contributed by atoms with Crippen LogP contribution in [0.1, 0.15) is 73.1 Å². The zero-order valence-corrected chi connectivity index (χ0v) is 40.4. The van der Waals surface area contributed by atoms with Gasteiger partial charge >= 0.3 is 13.7 Å². The number of anilines is 1. The number of para-hydroxylation sites is 2. The van der Waals surface area contributed by atoms with Gasteiger partial charge in [0.2, 0.25) is 11.8 Å². The number of hydrogen-bond donors (Lipinski definition) is 3. The molecule has 1 aliphatic heterocycles. The van der Waals surface area contributed by atoms with E-state index < -0.39 is 60.3 Å². The second-order valence-corrected chi connectivity index (χ2v) is 21.7. The van der Waals surface area contributed by atoms with Crippen LogP contribution in [0.2, 0.25) is 0 Å². The van der Waals surface area contributed by atoms with E-state index in [0.717, 1.165) is 30.8 Å².